The molecule has 1 saturated heterocycles. The van der Waals surface area contributed by atoms with Crippen LogP contribution in [-0.2, 0) is 20.4 Å². The third-order valence-corrected chi connectivity index (χ3v) is 4.62. The number of carbonyl (C=O) groups excluding carboxylic acids is 1. The summed E-state index contributed by atoms with van der Waals surface area (Å²) in [6, 6.07) is 5.30. The molecule has 4 nitrogen and oxygen atoms in total. The molecule has 1 aromatic carbocycles. The van der Waals surface area contributed by atoms with E-state index in [1.165, 1.54) is 12.1 Å². The van der Waals surface area contributed by atoms with E-state index in [0.717, 1.165) is 12.5 Å². The summed E-state index contributed by atoms with van der Waals surface area (Å²) >= 11 is 0. The fourth-order valence-corrected chi connectivity index (χ4v) is 3.50. The molecule has 1 aliphatic heterocycles. The maximum absolute atomic E-state index is 13.3. The topological polar surface area (TPSA) is 47.6 Å². The number of alkyl halides is 3. The van der Waals surface area contributed by atoms with Gasteiger partial charge in [0.15, 0.2) is 6.10 Å². The predicted octanol–water partition coefficient (Wildman–Crippen LogP) is 2.87. The van der Waals surface area contributed by atoms with Gasteiger partial charge in [0.25, 0.3) is 5.91 Å². The van der Waals surface area contributed by atoms with Crippen molar-refractivity contribution in [2.24, 2.45) is 0 Å². The molecule has 24 heavy (non-hydrogen) atoms. The van der Waals surface area contributed by atoms with Gasteiger partial charge in [0.05, 0.1) is 25.4 Å². The SMILES string of the molecule is O=C(N[C@@H]1CCC[C@H]1c1ccccc1C(F)(F)F)[C@@H]1COCCO1. The minimum Gasteiger partial charge on any atom is -0.376 e. The second-order valence-electron chi connectivity index (χ2n) is 6.17. The minimum absolute atomic E-state index is 0.183. The van der Waals surface area contributed by atoms with Gasteiger partial charge in [-0.05, 0) is 24.5 Å². The van der Waals surface area contributed by atoms with Crippen molar-refractivity contribution in [1.82, 2.24) is 5.32 Å². The van der Waals surface area contributed by atoms with Crippen molar-refractivity contribution in [3.05, 3.63) is 35.4 Å². The summed E-state index contributed by atoms with van der Waals surface area (Å²) in [5, 5.41) is 2.86. The maximum atomic E-state index is 13.3. The van der Waals surface area contributed by atoms with Crippen LogP contribution in [-0.4, -0.2) is 37.9 Å². The second-order valence-corrected chi connectivity index (χ2v) is 6.17. The molecule has 2 aliphatic rings. The predicted molar refractivity (Wildman–Crippen MR) is 80.5 cm³/mol. The Kier molecular flexibility index (Phi) is 5.10. The molecule has 1 aromatic rings. The highest BCUT2D eigenvalue weighted by Crippen LogP contribution is 2.41. The number of halogens is 3. The number of nitrogens with one attached hydrogen (secondary N) is 1. The number of hydrogen-bond acceptors (Lipinski definition) is 3. The van der Waals surface area contributed by atoms with E-state index in [1.807, 2.05) is 0 Å². The molecule has 0 aromatic heterocycles. The molecule has 1 saturated carbocycles. The molecule has 0 unspecified atom stereocenters. The summed E-state index contributed by atoms with van der Waals surface area (Å²) in [6.45, 7) is 0.986. The highest BCUT2D eigenvalue weighted by Gasteiger charge is 2.39. The van der Waals surface area contributed by atoms with Crippen LogP contribution < -0.4 is 5.32 Å². The molecule has 7 heteroatoms. The lowest BCUT2D eigenvalue weighted by Gasteiger charge is -2.27. The quantitative estimate of drug-likeness (QED) is 0.918. The molecule has 1 heterocycles. The van der Waals surface area contributed by atoms with E-state index in [1.54, 1.807) is 6.07 Å². The van der Waals surface area contributed by atoms with Crippen molar-refractivity contribution in [3.8, 4) is 0 Å². The lowest BCUT2D eigenvalue weighted by molar-refractivity contribution is -0.148. The van der Waals surface area contributed by atoms with Crippen LogP contribution >= 0.6 is 0 Å². The zero-order valence-electron chi connectivity index (χ0n) is 13.1. The number of rotatable bonds is 3. The fraction of sp³-hybridized carbons (Fsp3) is 0.588. The second kappa shape index (κ2) is 7.11. The Hall–Kier alpha value is -1.60. The summed E-state index contributed by atoms with van der Waals surface area (Å²) in [4.78, 5) is 12.3. The molecule has 1 aliphatic carbocycles. The van der Waals surface area contributed by atoms with Crippen molar-refractivity contribution in [2.75, 3.05) is 19.8 Å². The zero-order valence-corrected chi connectivity index (χ0v) is 13.1. The van der Waals surface area contributed by atoms with Crippen molar-refractivity contribution < 1.29 is 27.4 Å². The minimum atomic E-state index is -4.39. The van der Waals surface area contributed by atoms with Crippen molar-refractivity contribution in [1.29, 1.82) is 0 Å². The van der Waals surface area contributed by atoms with Crippen LogP contribution in [0.2, 0.25) is 0 Å². The molecule has 2 fully saturated rings. The highest BCUT2D eigenvalue weighted by molar-refractivity contribution is 5.81. The number of ether oxygens (including phenoxy) is 2. The third-order valence-electron chi connectivity index (χ3n) is 4.62. The molecule has 3 atom stereocenters. The average molecular weight is 343 g/mol. The van der Waals surface area contributed by atoms with Gasteiger partial charge in [-0.25, -0.2) is 0 Å². The summed E-state index contributed by atoms with van der Waals surface area (Å²) in [5.41, 5.74) is -0.359. The van der Waals surface area contributed by atoms with Crippen molar-refractivity contribution in [3.63, 3.8) is 0 Å². The van der Waals surface area contributed by atoms with Gasteiger partial charge in [-0.1, -0.05) is 24.6 Å². The van der Waals surface area contributed by atoms with E-state index in [9.17, 15) is 18.0 Å². The first kappa shape index (κ1) is 17.2. The Balaban J connectivity index is 1.75. The van der Waals surface area contributed by atoms with Gasteiger partial charge in [-0.15, -0.1) is 0 Å². The van der Waals surface area contributed by atoms with Crippen LogP contribution in [0.5, 0.6) is 0 Å². The van der Waals surface area contributed by atoms with E-state index in [-0.39, 0.29) is 30.0 Å². The lowest BCUT2D eigenvalue weighted by atomic mass is 9.89. The van der Waals surface area contributed by atoms with Crippen LogP contribution in [0, 0.1) is 0 Å². The summed E-state index contributed by atoms with van der Waals surface area (Å²) < 4.78 is 50.3. The van der Waals surface area contributed by atoms with Gasteiger partial charge < -0.3 is 14.8 Å². The fourth-order valence-electron chi connectivity index (χ4n) is 3.50. The van der Waals surface area contributed by atoms with Gasteiger partial charge in [0, 0.05) is 12.0 Å². The molecule has 0 bridgehead atoms. The standard InChI is InChI=1S/C17H20F3NO3/c18-17(19,20)13-6-2-1-4-11(13)12-5-3-7-14(12)21-16(22)15-10-23-8-9-24-15/h1-2,4,6,12,14-15H,3,5,7-10H2,(H,21,22)/t12-,14+,15-/m0/s1. The van der Waals surface area contributed by atoms with Crippen molar-refractivity contribution >= 4 is 5.91 Å². The average Bonchev–Trinajstić information content (AvgIpc) is 3.03. The molecule has 0 spiro atoms. The van der Waals surface area contributed by atoms with Crippen LogP contribution in [0.4, 0.5) is 13.2 Å². The van der Waals surface area contributed by atoms with Gasteiger partial charge in [0.2, 0.25) is 0 Å². The Morgan fingerprint density at radius 2 is 1.96 bits per heavy atom. The van der Waals surface area contributed by atoms with Gasteiger partial charge >= 0.3 is 6.18 Å². The zero-order chi connectivity index (χ0) is 17.2. The first-order valence-corrected chi connectivity index (χ1v) is 8.12. The van der Waals surface area contributed by atoms with Crippen molar-refractivity contribution in [2.45, 2.75) is 43.5 Å². The maximum Gasteiger partial charge on any atom is 0.416 e. The van der Waals surface area contributed by atoms with E-state index >= 15 is 0 Å². The summed E-state index contributed by atoms with van der Waals surface area (Å²) in [7, 11) is 0. The molecule has 0 radical (unpaired) electrons. The van der Waals surface area contributed by atoms with Gasteiger partial charge in [-0.3, -0.25) is 4.79 Å². The lowest BCUT2D eigenvalue weighted by Crippen LogP contribution is -2.47. The van der Waals surface area contributed by atoms with Crippen LogP contribution in [0.15, 0.2) is 24.3 Å². The molecular formula is C17H20F3NO3. The molecule has 1 amide bonds. The Labute approximate surface area is 138 Å². The van der Waals surface area contributed by atoms with Crippen LogP contribution in [0.25, 0.3) is 0 Å². The first-order valence-electron chi connectivity index (χ1n) is 8.12. The van der Waals surface area contributed by atoms with E-state index < -0.39 is 17.8 Å². The van der Waals surface area contributed by atoms with Gasteiger partial charge in [0.1, 0.15) is 0 Å². The van der Waals surface area contributed by atoms with Crippen LogP contribution in [0.3, 0.4) is 0 Å². The van der Waals surface area contributed by atoms with Crippen LogP contribution in [0.1, 0.15) is 36.3 Å². The summed E-state index contributed by atoms with van der Waals surface area (Å²) in [5.74, 6) is -0.646. The molecule has 3 rings (SSSR count). The van der Waals surface area contributed by atoms with E-state index in [0.29, 0.717) is 26.1 Å². The largest absolute Gasteiger partial charge is 0.416 e. The first-order chi connectivity index (χ1) is 11.5. The number of hydrogen-bond donors (Lipinski definition) is 1. The monoisotopic (exact) mass is 343 g/mol. The third kappa shape index (κ3) is 3.72. The molecular weight excluding hydrogens is 323 g/mol. The molecule has 132 valence electrons. The van der Waals surface area contributed by atoms with E-state index in [4.69, 9.17) is 9.47 Å². The molecule has 1 N–H and O–H groups in total. The summed E-state index contributed by atoms with van der Waals surface area (Å²) in [6.07, 6.45) is -3.01. The Morgan fingerprint density at radius 3 is 2.67 bits per heavy atom. The number of carbonyl (C=O) groups is 1. The van der Waals surface area contributed by atoms with E-state index in [2.05, 4.69) is 5.32 Å². The normalized spacial score (nSPS) is 27.9. The number of amides is 1. The van der Waals surface area contributed by atoms with Gasteiger partial charge in [-0.2, -0.15) is 13.2 Å². The highest BCUT2D eigenvalue weighted by atomic mass is 19.4. The Bertz CT molecular complexity index is 585. The Morgan fingerprint density at radius 1 is 1.17 bits per heavy atom. The number of benzene rings is 1. The smallest absolute Gasteiger partial charge is 0.376 e.